The number of hydrogen-bond acceptors (Lipinski definition) is 9. The summed E-state index contributed by atoms with van der Waals surface area (Å²) in [7, 11) is 0. The highest BCUT2D eigenvalue weighted by Gasteiger charge is 2.37. The highest BCUT2D eigenvalue weighted by atomic mass is 16.4. The average molecular weight is 1160 g/mol. The molecule has 0 aliphatic heterocycles. The zero-order valence-electron chi connectivity index (χ0n) is 49.0. The Morgan fingerprint density at radius 3 is 1.13 bits per heavy atom. The lowest BCUT2D eigenvalue weighted by atomic mass is 9.81. The fourth-order valence-electron chi connectivity index (χ4n) is 12.9. The van der Waals surface area contributed by atoms with Crippen LogP contribution in [0.15, 0.2) is 292 Å². The van der Waals surface area contributed by atoms with Gasteiger partial charge in [-0.15, -0.1) is 0 Å². The van der Waals surface area contributed by atoms with E-state index in [2.05, 4.69) is 141 Å². The second-order valence-electron chi connectivity index (χ2n) is 23.3. The van der Waals surface area contributed by atoms with Gasteiger partial charge in [-0.25, -0.2) is 29.9 Å². The summed E-state index contributed by atoms with van der Waals surface area (Å²) in [6, 6.07) is 95.5. The van der Waals surface area contributed by atoms with Crippen molar-refractivity contribution in [2.75, 3.05) is 0 Å². The summed E-state index contributed by atoms with van der Waals surface area (Å²) in [6.07, 6.45) is 0. The maximum absolute atomic E-state index is 6.44. The van der Waals surface area contributed by atoms with Crippen LogP contribution in [0.25, 0.3) is 168 Å². The van der Waals surface area contributed by atoms with E-state index in [4.69, 9.17) is 43.2 Å². The minimum atomic E-state index is -0.172. The topological polar surface area (TPSA) is 117 Å². The molecule has 0 unspecified atom stereocenters. The highest BCUT2D eigenvalue weighted by molar-refractivity contribution is 6.19. The molecular weight excluding hydrogens is 1100 g/mol. The summed E-state index contributed by atoms with van der Waals surface area (Å²) in [6.45, 7) is 4.63. The van der Waals surface area contributed by atoms with E-state index in [-0.39, 0.29) is 5.41 Å². The molecule has 90 heavy (non-hydrogen) atoms. The molecule has 5 aromatic heterocycles. The highest BCUT2D eigenvalue weighted by Crippen LogP contribution is 2.52. The Hall–Kier alpha value is -11.9. The standard InChI is InChI=1S/C42H29N3O.C39H23N3O2/c1-42(2)35-23-29(20-21-31(35)33-24-34-32-18-9-10-19-37(32)46-38(34)25-36(33)42)28-16-11-17-30(22-28)41-44-39(26-12-5-3-6-13-26)43-40(45-41)27-14-7-4-8-15-27;1-3-9-25(10-4-1)37-40-38(26-11-5-2-6-12-26)42-39(41-37)27-17-15-24(16-18-27)28-19-20-30-32-22-21-31-29-13-7-8-14-33(29)43-35(31)36(32)44-34(30)23-28/h3-25H,1-2H3;1-23H. The molecule has 9 nitrogen and oxygen atoms in total. The Kier molecular flexibility index (Phi) is 12.3. The van der Waals surface area contributed by atoms with Crippen molar-refractivity contribution in [3.8, 4) is 102 Å². The monoisotopic (exact) mass is 1160 g/mol. The number of hydrogen-bond donors (Lipinski definition) is 0. The van der Waals surface area contributed by atoms with Crippen LogP contribution in [-0.4, -0.2) is 29.9 Å². The van der Waals surface area contributed by atoms with Gasteiger partial charge in [0.2, 0.25) is 0 Å². The van der Waals surface area contributed by atoms with E-state index in [0.29, 0.717) is 34.9 Å². The minimum absolute atomic E-state index is 0.172. The largest absolute Gasteiger partial charge is 0.456 e. The van der Waals surface area contributed by atoms with E-state index in [9.17, 15) is 0 Å². The van der Waals surface area contributed by atoms with Gasteiger partial charge in [0, 0.05) is 71.1 Å². The molecule has 12 aromatic carbocycles. The SMILES string of the molecule is CC1(C)c2cc(-c3cccc(-c4nc(-c5ccccc5)nc(-c5ccccc5)n4)c3)ccc2-c2cc3c(cc21)oc1ccccc13.c1ccc(-c2nc(-c3ccccc3)nc(-c3ccc(-c4ccc5c(c4)oc4c5ccc5c6ccccc6oc54)cc3)n2)cc1. The molecule has 0 radical (unpaired) electrons. The summed E-state index contributed by atoms with van der Waals surface area (Å²) in [5, 5.41) is 6.59. The number of rotatable bonds is 8. The Morgan fingerprint density at radius 2 is 0.578 bits per heavy atom. The fourth-order valence-corrected chi connectivity index (χ4v) is 12.9. The van der Waals surface area contributed by atoms with Gasteiger partial charge < -0.3 is 13.3 Å². The number of nitrogens with zero attached hydrogens (tertiary/aromatic N) is 6. The van der Waals surface area contributed by atoms with E-state index < -0.39 is 0 Å². The van der Waals surface area contributed by atoms with E-state index in [1.807, 2.05) is 152 Å². The first kappa shape index (κ1) is 52.4. The van der Waals surface area contributed by atoms with Crippen molar-refractivity contribution < 1.29 is 13.3 Å². The molecule has 0 saturated heterocycles. The van der Waals surface area contributed by atoms with E-state index >= 15 is 0 Å². The Balaban J connectivity index is 0.000000139. The molecule has 18 rings (SSSR count). The third kappa shape index (κ3) is 9.10. The van der Waals surface area contributed by atoms with Crippen LogP contribution < -0.4 is 0 Å². The first-order valence-electron chi connectivity index (χ1n) is 30.1. The van der Waals surface area contributed by atoms with Gasteiger partial charge in [-0.05, 0) is 105 Å². The molecule has 17 aromatic rings. The maximum Gasteiger partial charge on any atom is 0.178 e. The smallest absolute Gasteiger partial charge is 0.178 e. The van der Waals surface area contributed by atoms with Gasteiger partial charge >= 0.3 is 0 Å². The van der Waals surface area contributed by atoms with Gasteiger partial charge in [-0.2, -0.15) is 0 Å². The molecule has 424 valence electrons. The first-order valence-corrected chi connectivity index (χ1v) is 30.1. The lowest BCUT2D eigenvalue weighted by Crippen LogP contribution is -2.15. The summed E-state index contributed by atoms with van der Waals surface area (Å²) in [5.74, 6) is 3.89. The lowest BCUT2D eigenvalue weighted by molar-refractivity contribution is 0.633. The number of benzene rings is 12. The van der Waals surface area contributed by atoms with Crippen molar-refractivity contribution in [1.82, 2.24) is 29.9 Å². The van der Waals surface area contributed by atoms with Gasteiger partial charge in [0.15, 0.2) is 46.1 Å². The van der Waals surface area contributed by atoms with Crippen molar-refractivity contribution in [2.24, 2.45) is 0 Å². The van der Waals surface area contributed by atoms with Gasteiger partial charge in [-0.3, -0.25) is 0 Å². The quantitative estimate of drug-likeness (QED) is 0.147. The average Bonchev–Trinajstić information content (AvgIpc) is 1.59. The van der Waals surface area contributed by atoms with Crippen molar-refractivity contribution in [3.05, 3.63) is 290 Å². The van der Waals surface area contributed by atoms with Crippen LogP contribution in [0.5, 0.6) is 0 Å². The Morgan fingerprint density at radius 1 is 0.222 bits per heavy atom. The molecule has 0 amide bonds. The zero-order chi connectivity index (χ0) is 59.9. The van der Waals surface area contributed by atoms with Gasteiger partial charge in [0.1, 0.15) is 22.3 Å². The van der Waals surface area contributed by atoms with Crippen LogP contribution in [0.1, 0.15) is 25.0 Å². The third-order valence-corrected chi connectivity index (χ3v) is 17.5. The second-order valence-corrected chi connectivity index (χ2v) is 23.3. The van der Waals surface area contributed by atoms with Gasteiger partial charge in [-0.1, -0.05) is 232 Å². The van der Waals surface area contributed by atoms with Crippen LogP contribution in [0, 0.1) is 0 Å². The summed E-state index contributed by atoms with van der Waals surface area (Å²) >= 11 is 0. The number of furan rings is 3. The van der Waals surface area contributed by atoms with Crippen LogP contribution in [-0.2, 0) is 5.41 Å². The zero-order valence-corrected chi connectivity index (χ0v) is 49.0. The molecule has 0 atom stereocenters. The normalized spacial score (nSPS) is 12.4. The first-order chi connectivity index (χ1) is 44.3. The molecule has 0 saturated carbocycles. The maximum atomic E-state index is 6.44. The van der Waals surface area contributed by atoms with Crippen LogP contribution in [0.2, 0.25) is 0 Å². The molecule has 9 heteroatoms. The Labute approximate surface area is 517 Å². The van der Waals surface area contributed by atoms with Gasteiger partial charge in [0.25, 0.3) is 0 Å². The predicted octanol–water partition coefficient (Wildman–Crippen LogP) is 21.1. The van der Waals surface area contributed by atoms with Crippen molar-refractivity contribution in [3.63, 3.8) is 0 Å². The summed E-state index contributed by atoms with van der Waals surface area (Å²) < 4.78 is 18.9. The van der Waals surface area contributed by atoms with Gasteiger partial charge in [0.05, 0.1) is 0 Å². The molecular formula is C81H52N6O3. The molecule has 1 aliphatic rings. The second kappa shape index (κ2) is 21.2. The molecule has 0 fully saturated rings. The molecule has 0 N–H and O–H groups in total. The van der Waals surface area contributed by atoms with Crippen molar-refractivity contribution in [2.45, 2.75) is 19.3 Å². The molecule has 0 bridgehead atoms. The number of para-hydroxylation sites is 2. The third-order valence-electron chi connectivity index (χ3n) is 17.5. The summed E-state index contributed by atoms with van der Waals surface area (Å²) in [4.78, 5) is 29.3. The fraction of sp³-hybridized carbons (Fsp3) is 0.0370. The lowest BCUT2D eigenvalue weighted by Gasteiger charge is -2.22. The van der Waals surface area contributed by atoms with E-state index in [0.717, 1.165) is 121 Å². The van der Waals surface area contributed by atoms with Crippen molar-refractivity contribution in [1.29, 1.82) is 0 Å². The molecule has 0 spiro atoms. The predicted molar refractivity (Wildman–Crippen MR) is 363 cm³/mol. The van der Waals surface area contributed by atoms with Crippen molar-refractivity contribution >= 4 is 65.8 Å². The van der Waals surface area contributed by atoms with Crippen LogP contribution >= 0.6 is 0 Å². The van der Waals surface area contributed by atoms with Crippen LogP contribution in [0.3, 0.4) is 0 Å². The number of aromatic nitrogens is 6. The Bertz CT molecular complexity index is 5510. The number of fused-ring (bicyclic) bond motifs is 13. The molecule has 5 heterocycles. The minimum Gasteiger partial charge on any atom is -0.456 e. The summed E-state index contributed by atoms with van der Waals surface area (Å²) in [5.41, 5.74) is 20.2. The van der Waals surface area contributed by atoms with E-state index in [1.54, 1.807) is 0 Å². The van der Waals surface area contributed by atoms with E-state index in [1.165, 1.54) is 22.3 Å². The molecule has 1 aliphatic carbocycles. The van der Waals surface area contributed by atoms with Crippen LogP contribution in [0.4, 0.5) is 0 Å².